The fourth-order valence-electron chi connectivity index (χ4n) is 0.299. The van der Waals surface area contributed by atoms with Gasteiger partial charge in [-0.25, -0.2) is 0 Å². The average Bonchev–Trinajstić information content (AvgIpc) is 1.66. The Hall–Kier alpha value is 0.340. The lowest BCUT2D eigenvalue weighted by Gasteiger charge is -1.97. The molecule has 0 bridgehead atoms. The van der Waals surface area contributed by atoms with E-state index in [2.05, 4.69) is 24.5 Å². The van der Waals surface area contributed by atoms with E-state index in [1.54, 1.807) is 0 Å². The monoisotopic (exact) mass is 151 g/mol. The van der Waals surface area contributed by atoms with Crippen LogP contribution in [0, 0.1) is 0 Å². The van der Waals surface area contributed by atoms with E-state index in [1.807, 2.05) is 0 Å². The SMILES string of the molecule is C=C(S)CNCCCl. The molecule has 0 aliphatic carbocycles. The molecule has 3 heteroatoms. The second-order valence-corrected chi connectivity index (χ2v) is 2.44. The highest BCUT2D eigenvalue weighted by atomic mass is 35.5. The average molecular weight is 152 g/mol. The molecule has 0 aliphatic rings. The van der Waals surface area contributed by atoms with Crippen molar-refractivity contribution < 1.29 is 0 Å². The molecular weight excluding hydrogens is 142 g/mol. The first-order chi connectivity index (χ1) is 3.77. The van der Waals surface area contributed by atoms with Gasteiger partial charge in [0.25, 0.3) is 0 Å². The van der Waals surface area contributed by atoms with Crippen molar-refractivity contribution in [2.24, 2.45) is 0 Å². The van der Waals surface area contributed by atoms with Crippen LogP contribution < -0.4 is 5.32 Å². The van der Waals surface area contributed by atoms with E-state index in [0.717, 1.165) is 18.0 Å². The summed E-state index contributed by atoms with van der Waals surface area (Å²) >= 11 is 9.34. The first kappa shape index (κ1) is 8.34. The van der Waals surface area contributed by atoms with Gasteiger partial charge in [-0.15, -0.1) is 24.2 Å². The van der Waals surface area contributed by atoms with Crippen LogP contribution in [0.15, 0.2) is 11.5 Å². The van der Waals surface area contributed by atoms with Crippen LogP contribution in [0.5, 0.6) is 0 Å². The van der Waals surface area contributed by atoms with E-state index in [1.165, 1.54) is 0 Å². The number of hydrogen-bond acceptors (Lipinski definition) is 2. The molecule has 0 spiro atoms. The molecule has 0 saturated heterocycles. The highest BCUT2D eigenvalue weighted by Gasteiger charge is 1.83. The molecular formula is C5H10ClNS. The van der Waals surface area contributed by atoms with Crippen molar-refractivity contribution >= 4 is 24.2 Å². The predicted molar refractivity (Wildman–Crippen MR) is 41.7 cm³/mol. The summed E-state index contributed by atoms with van der Waals surface area (Å²) < 4.78 is 0. The second kappa shape index (κ2) is 5.48. The number of alkyl halides is 1. The fraction of sp³-hybridized carbons (Fsp3) is 0.600. The zero-order chi connectivity index (χ0) is 6.41. The number of halogens is 1. The van der Waals surface area contributed by atoms with Gasteiger partial charge in [-0.3, -0.25) is 0 Å². The number of hydrogen-bond donors (Lipinski definition) is 2. The van der Waals surface area contributed by atoms with Crippen LogP contribution in [0.1, 0.15) is 0 Å². The predicted octanol–water partition coefficient (Wildman–Crippen LogP) is 1.26. The Morgan fingerprint density at radius 2 is 2.38 bits per heavy atom. The maximum Gasteiger partial charge on any atom is 0.0348 e. The lowest BCUT2D eigenvalue weighted by molar-refractivity contribution is 0.800. The summed E-state index contributed by atoms with van der Waals surface area (Å²) in [6.07, 6.45) is 0. The van der Waals surface area contributed by atoms with Crippen molar-refractivity contribution in [1.29, 1.82) is 0 Å². The second-order valence-electron chi connectivity index (χ2n) is 1.43. The molecule has 0 aromatic heterocycles. The van der Waals surface area contributed by atoms with Gasteiger partial charge in [-0.2, -0.15) is 0 Å². The van der Waals surface area contributed by atoms with Gasteiger partial charge in [-0.05, 0) is 4.91 Å². The van der Waals surface area contributed by atoms with Gasteiger partial charge in [-0.1, -0.05) is 6.58 Å². The van der Waals surface area contributed by atoms with Crippen molar-refractivity contribution in [2.75, 3.05) is 19.0 Å². The molecule has 48 valence electrons. The standard InChI is InChI=1S/C5H10ClNS/c1-5(8)4-7-3-2-6/h7-8H,1-4H2. The molecule has 0 aromatic carbocycles. The zero-order valence-electron chi connectivity index (χ0n) is 4.65. The summed E-state index contributed by atoms with van der Waals surface area (Å²) in [4.78, 5) is 0.843. The van der Waals surface area contributed by atoms with E-state index < -0.39 is 0 Å². The van der Waals surface area contributed by atoms with Crippen LogP contribution in [-0.2, 0) is 0 Å². The highest BCUT2D eigenvalue weighted by Crippen LogP contribution is 1.90. The van der Waals surface area contributed by atoms with Gasteiger partial charge in [0.1, 0.15) is 0 Å². The van der Waals surface area contributed by atoms with Gasteiger partial charge in [0.05, 0.1) is 0 Å². The fourth-order valence-corrected chi connectivity index (χ4v) is 0.545. The van der Waals surface area contributed by atoms with Crippen LogP contribution >= 0.6 is 24.2 Å². The lowest BCUT2D eigenvalue weighted by atomic mass is 10.6. The highest BCUT2D eigenvalue weighted by molar-refractivity contribution is 7.84. The third kappa shape index (κ3) is 6.34. The van der Waals surface area contributed by atoms with Gasteiger partial charge in [0.15, 0.2) is 0 Å². The zero-order valence-corrected chi connectivity index (χ0v) is 6.30. The van der Waals surface area contributed by atoms with Crippen LogP contribution in [0.3, 0.4) is 0 Å². The van der Waals surface area contributed by atoms with E-state index >= 15 is 0 Å². The molecule has 1 N–H and O–H groups in total. The van der Waals surface area contributed by atoms with Gasteiger partial charge >= 0.3 is 0 Å². The van der Waals surface area contributed by atoms with E-state index in [0.29, 0.717) is 5.88 Å². The Kier molecular flexibility index (Phi) is 5.71. The Bertz CT molecular complexity index is 74.8. The minimum absolute atomic E-state index is 0.640. The Labute approximate surface area is 60.5 Å². The molecule has 8 heavy (non-hydrogen) atoms. The van der Waals surface area contributed by atoms with Crippen LogP contribution in [-0.4, -0.2) is 19.0 Å². The maximum absolute atomic E-state index is 5.37. The molecule has 0 rings (SSSR count). The van der Waals surface area contributed by atoms with E-state index in [-0.39, 0.29) is 0 Å². The van der Waals surface area contributed by atoms with Crippen LogP contribution in [0.4, 0.5) is 0 Å². The summed E-state index contributed by atoms with van der Waals surface area (Å²) in [6.45, 7) is 5.15. The number of rotatable bonds is 4. The molecule has 0 aliphatic heterocycles. The van der Waals surface area contributed by atoms with Crippen molar-refractivity contribution in [3.05, 3.63) is 11.5 Å². The summed E-state index contributed by atoms with van der Waals surface area (Å²) in [7, 11) is 0. The van der Waals surface area contributed by atoms with Crippen LogP contribution in [0.2, 0.25) is 0 Å². The molecule has 0 aromatic rings. The van der Waals surface area contributed by atoms with Crippen molar-refractivity contribution in [2.45, 2.75) is 0 Å². The normalized spacial score (nSPS) is 9.25. The van der Waals surface area contributed by atoms with E-state index in [9.17, 15) is 0 Å². The molecule has 1 nitrogen and oxygen atoms in total. The number of nitrogens with one attached hydrogen (secondary N) is 1. The number of thiol groups is 1. The quantitative estimate of drug-likeness (QED) is 0.350. The van der Waals surface area contributed by atoms with E-state index in [4.69, 9.17) is 11.6 Å². The smallest absolute Gasteiger partial charge is 0.0348 e. The largest absolute Gasteiger partial charge is 0.311 e. The first-order valence-corrected chi connectivity index (χ1v) is 3.39. The van der Waals surface area contributed by atoms with Gasteiger partial charge in [0.2, 0.25) is 0 Å². The summed E-state index contributed by atoms with van der Waals surface area (Å²) in [5, 5.41) is 3.03. The molecule has 0 atom stereocenters. The van der Waals surface area contributed by atoms with Gasteiger partial charge < -0.3 is 5.32 Å². The summed E-state index contributed by atoms with van der Waals surface area (Å²) in [5.74, 6) is 0.640. The Morgan fingerprint density at radius 3 is 2.75 bits per heavy atom. The molecule has 0 fully saturated rings. The third-order valence-electron chi connectivity index (χ3n) is 0.600. The molecule has 0 unspecified atom stereocenters. The Balaban J connectivity index is 2.82. The topological polar surface area (TPSA) is 12.0 Å². The molecule has 0 radical (unpaired) electrons. The Morgan fingerprint density at radius 1 is 1.75 bits per heavy atom. The summed E-state index contributed by atoms with van der Waals surface area (Å²) in [6, 6.07) is 0. The van der Waals surface area contributed by atoms with Gasteiger partial charge in [0, 0.05) is 19.0 Å². The maximum atomic E-state index is 5.37. The first-order valence-electron chi connectivity index (χ1n) is 2.41. The van der Waals surface area contributed by atoms with Crippen molar-refractivity contribution in [3.8, 4) is 0 Å². The molecule has 0 heterocycles. The summed E-state index contributed by atoms with van der Waals surface area (Å²) in [5.41, 5.74) is 0. The minimum Gasteiger partial charge on any atom is -0.311 e. The minimum atomic E-state index is 0.640. The molecule has 0 amide bonds. The molecule has 0 saturated carbocycles. The van der Waals surface area contributed by atoms with Crippen molar-refractivity contribution in [1.82, 2.24) is 5.32 Å². The van der Waals surface area contributed by atoms with Crippen LogP contribution in [0.25, 0.3) is 0 Å². The lowest BCUT2D eigenvalue weighted by Crippen LogP contribution is -2.17. The third-order valence-corrected chi connectivity index (χ3v) is 0.947. The van der Waals surface area contributed by atoms with Crippen molar-refractivity contribution in [3.63, 3.8) is 0 Å².